The normalized spacial score (nSPS) is 19.1. The van der Waals surface area contributed by atoms with E-state index in [1.807, 2.05) is 36.0 Å². The summed E-state index contributed by atoms with van der Waals surface area (Å²) in [5.41, 5.74) is 5.62. The van der Waals surface area contributed by atoms with Crippen molar-refractivity contribution in [2.45, 2.75) is 45.4 Å². The summed E-state index contributed by atoms with van der Waals surface area (Å²) >= 11 is 1.97. The number of carbonyl (C=O) groups is 1. The molecule has 27 heavy (non-hydrogen) atoms. The molecule has 1 aromatic heterocycles. The summed E-state index contributed by atoms with van der Waals surface area (Å²) < 4.78 is 0. The molecule has 5 heteroatoms. The number of rotatable bonds is 3. The lowest BCUT2D eigenvalue weighted by Crippen LogP contribution is -2.28. The number of benzene rings is 1. The maximum atomic E-state index is 10.7. The van der Waals surface area contributed by atoms with Crippen LogP contribution < -0.4 is 0 Å². The zero-order valence-corrected chi connectivity index (χ0v) is 17.4. The first-order chi connectivity index (χ1) is 12.6. The molecule has 0 fully saturated rings. The number of hydrogen-bond acceptors (Lipinski definition) is 4. The molecule has 0 spiro atoms. The lowest BCUT2D eigenvalue weighted by molar-refractivity contribution is -0.131. The van der Waals surface area contributed by atoms with Crippen LogP contribution in [0.2, 0.25) is 0 Å². The van der Waals surface area contributed by atoms with E-state index in [-0.39, 0.29) is 10.8 Å². The van der Waals surface area contributed by atoms with Crippen molar-refractivity contribution in [1.29, 1.82) is 0 Å². The van der Waals surface area contributed by atoms with E-state index >= 15 is 0 Å². The van der Waals surface area contributed by atoms with Crippen molar-refractivity contribution >= 4 is 34.8 Å². The van der Waals surface area contributed by atoms with Gasteiger partial charge < -0.3 is 5.11 Å². The molecule has 0 saturated carbocycles. The van der Waals surface area contributed by atoms with Crippen LogP contribution in [0, 0.1) is 0 Å². The summed E-state index contributed by atoms with van der Waals surface area (Å²) in [5, 5.41) is 8.82. The Kier molecular flexibility index (Phi) is 5.17. The largest absolute Gasteiger partial charge is 0.478 e. The molecule has 4 nitrogen and oxygen atoms in total. The zero-order valence-electron chi connectivity index (χ0n) is 16.5. The van der Waals surface area contributed by atoms with Crippen LogP contribution in [-0.4, -0.2) is 32.5 Å². The summed E-state index contributed by atoms with van der Waals surface area (Å²) in [6.07, 6.45) is 4.90. The number of allylic oxidation sites excluding steroid dienone is 2. The Balaban J connectivity index is 2.08. The fraction of sp³-hybridized carbons (Fsp3) is 0.409. The van der Waals surface area contributed by atoms with Gasteiger partial charge in [0.15, 0.2) is 0 Å². The van der Waals surface area contributed by atoms with Gasteiger partial charge in [0.2, 0.25) is 0 Å². The van der Waals surface area contributed by atoms with E-state index in [9.17, 15) is 4.79 Å². The minimum atomic E-state index is -0.938. The average molecular weight is 383 g/mol. The molecule has 1 aromatic carbocycles. The third-order valence-corrected chi connectivity index (χ3v) is 6.64. The molecule has 0 saturated heterocycles. The predicted octanol–water partition coefficient (Wildman–Crippen LogP) is 4.98. The van der Waals surface area contributed by atoms with Crippen molar-refractivity contribution in [3.8, 4) is 0 Å². The second-order valence-electron chi connectivity index (χ2n) is 8.49. The molecular weight excluding hydrogens is 356 g/mol. The highest BCUT2D eigenvalue weighted by atomic mass is 32.2. The van der Waals surface area contributed by atoms with Crippen LogP contribution in [0.4, 0.5) is 0 Å². The van der Waals surface area contributed by atoms with Crippen LogP contribution in [0.1, 0.15) is 51.6 Å². The average Bonchev–Trinajstić information content (AvgIpc) is 2.65. The third-order valence-electron chi connectivity index (χ3n) is 4.79. The van der Waals surface area contributed by atoms with E-state index in [1.54, 1.807) is 13.0 Å². The fourth-order valence-corrected chi connectivity index (χ4v) is 4.68. The van der Waals surface area contributed by atoms with E-state index in [1.165, 1.54) is 6.08 Å². The van der Waals surface area contributed by atoms with Gasteiger partial charge in [-0.15, -0.1) is 0 Å². The van der Waals surface area contributed by atoms with Crippen molar-refractivity contribution in [2.24, 2.45) is 0 Å². The molecule has 1 aliphatic heterocycles. The molecule has 3 rings (SSSR count). The minimum absolute atomic E-state index is 0.00767. The summed E-state index contributed by atoms with van der Waals surface area (Å²) in [6, 6.07) is 6.02. The van der Waals surface area contributed by atoms with E-state index in [0.717, 1.165) is 39.5 Å². The standard InChI is InChI=1S/C22H26N2O2S/c1-14(10-18(25)26)6-7-15-8-9-16-17(11-15)24-20-19(23-16)21(2,3)12-27-13-22(20,4)5/h6-11H,12-13H2,1-5H3,(H,25,26)/b7-6+,14-10+. The minimum Gasteiger partial charge on any atom is -0.478 e. The first kappa shape index (κ1) is 19.6. The van der Waals surface area contributed by atoms with Crippen molar-refractivity contribution in [3.63, 3.8) is 0 Å². The molecular formula is C22H26N2O2S. The Labute approximate surface area is 164 Å². The van der Waals surface area contributed by atoms with Crippen LogP contribution in [0.15, 0.2) is 35.9 Å². The number of hydrogen-bond donors (Lipinski definition) is 1. The second kappa shape index (κ2) is 7.12. The first-order valence-electron chi connectivity index (χ1n) is 9.08. The monoisotopic (exact) mass is 382 g/mol. The maximum Gasteiger partial charge on any atom is 0.328 e. The number of aliphatic carboxylic acids is 1. The SMILES string of the molecule is CC(/C=C/c1ccc2nc3c(nc2c1)C(C)(C)CSCC3(C)C)=C\C(=O)O. The van der Waals surface area contributed by atoms with Gasteiger partial charge in [-0.1, -0.05) is 45.9 Å². The van der Waals surface area contributed by atoms with Gasteiger partial charge in [-0.25, -0.2) is 14.8 Å². The third kappa shape index (κ3) is 4.24. The van der Waals surface area contributed by atoms with Crippen LogP contribution in [-0.2, 0) is 15.6 Å². The van der Waals surface area contributed by atoms with E-state index in [2.05, 4.69) is 27.7 Å². The van der Waals surface area contributed by atoms with Crippen molar-refractivity contribution in [2.75, 3.05) is 11.5 Å². The van der Waals surface area contributed by atoms with Gasteiger partial charge in [-0.3, -0.25) is 0 Å². The Morgan fingerprint density at radius 2 is 1.67 bits per heavy atom. The highest BCUT2D eigenvalue weighted by molar-refractivity contribution is 7.99. The van der Waals surface area contributed by atoms with Gasteiger partial charge in [0, 0.05) is 28.4 Å². The molecule has 0 amide bonds. The molecule has 0 bridgehead atoms. The second-order valence-corrected chi connectivity index (χ2v) is 9.48. The molecule has 1 N–H and O–H groups in total. The van der Waals surface area contributed by atoms with Gasteiger partial charge in [0.25, 0.3) is 0 Å². The number of aromatic nitrogens is 2. The van der Waals surface area contributed by atoms with Crippen LogP contribution in [0.25, 0.3) is 17.1 Å². The quantitative estimate of drug-likeness (QED) is 0.599. The van der Waals surface area contributed by atoms with Gasteiger partial charge in [0.1, 0.15) is 0 Å². The first-order valence-corrected chi connectivity index (χ1v) is 10.2. The van der Waals surface area contributed by atoms with Crippen LogP contribution in [0.5, 0.6) is 0 Å². The smallest absolute Gasteiger partial charge is 0.328 e. The Morgan fingerprint density at radius 1 is 1.07 bits per heavy atom. The lowest BCUT2D eigenvalue weighted by Gasteiger charge is -2.27. The van der Waals surface area contributed by atoms with E-state index < -0.39 is 5.97 Å². The Hall–Kier alpha value is -2.14. The zero-order chi connectivity index (χ0) is 19.8. The van der Waals surface area contributed by atoms with Crippen LogP contribution >= 0.6 is 11.8 Å². The van der Waals surface area contributed by atoms with Gasteiger partial charge >= 0.3 is 5.97 Å². The molecule has 0 unspecified atom stereocenters. The van der Waals surface area contributed by atoms with E-state index in [4.69, 9.17) is 15.1 Å². The summed E-state index contributed by atoms with van der Waals surface area (Å²) in [6.45, 7) is 10.7. The topological polar surface area (TPSA) is 63.1 Å². The summed E-state index contributed by atoms with van der Waals surface area (Å²) in [4.78, 5) is 20.8. The van der Waals surface area contributed by atoms with Crippen molar-refractivity contribution in [1.82, 2.24) is 9.97 Å². The molecule has 2 aromatic rings. The highest BCUT2D eigenvalue weighted by Gasteiger charge is 2.37. The van der Waals surface area contributed by atoms with Crippen molar-refractivity contribution in [3.05, 3.63) is 52.9 Å². The maximum absolute atomic E-state index is 10.7. The Bertz CT molecular complexity index is 958. The van der Waals surface area contributed by atoms with Crippen LogP contribution in [0.3, 0.4) is 0 Å². The molecule has 0 radical (unpaired) electrons. The molecule has 0 aliphatic carbocycles. The molecule has 2 heterocycles. The summed E-state index contributed by atoms with van der Waals surface area (Å²) in [5.74, 6) is 1.13. The number of fused-ring (bicyclic) bond motifs is 2. The lowest BCUT2D eigenvalue weighted by atomic mass is 9.81. The Morgan fingerprint density at radius 3 is 2.26 bits per heavy atom. The van der Waals surface area contributed by atoms with Gasteiger partial charge in [-0.05, 0) is 30.2 Å². The molecule has 1 aliphatic rings. The molecule has 0 atom stereocenters. The number of thioether (sulfide) groups is 1. The predicted molar refractivity (Wildman–Crippen MR) is 113 cm³/mol. The number of nitrogens with zero attached hydrogens (tertiary/aromatic N) is 2. The van der Waals surface area contributed by atoms with Gasteiger partial charge in [0.05, 0.1) is 22.4 Å². The fourth-order valence-electron chi connectivity index (χ4n) is 3.29. The highest BCUT2D eigenvalue weighted by Crippen LogP contribution is 2.40. The number of carboxylic acid groups (broad SMARTS) is 1. The van der Waals surface area contributed by atoms with Crippen molar-refractivity contribution < 1.29 is 9.90 Å². The number of carboxylic acids is 1. The summed E-state index contributed by atoms with van der Waals surface area (Å²) in [7, 11) is 0. The molecule has 142 valence electrons. The van der Waals surface area contributed by atoms with E-state index in [0.29, 0.717) is 5.57 Å². The van der Waals surface area contributed by atoms with Gasteiger partial charge in [-0.2, -0.15) is 11.8 Å².